The fourth-order valence-electron chi connectivity index (χ4n) is 1.50. The minimum absolute atomic E-state index is 0.137. The zero-order chi connectivity index (χ0) is 12.5. The van der Waals surface area contributed by atoms with Gasteiger partial charge in [0.2, 0.25) is 0 Å². The lowest BCUT2D eigenvalue weighted by Gasteiger charge is -1.99. The van der Waals surface area contributed by atoms with Crippen LogP contribution in [0.2, 0.25) is 0 Å². The summed E-state index contributed by atoms with van der Waals surface area (Å²) in [6.07, 6.45) is 5.91. The summed E-state index contributed by atoms with van der Waals surface area (Å²) in [4.78, 5) is 13.1. The van der Waals surface area contributed by atoms with Crippen LogP contribution in [0.15, 0.2) is 17.3 Å². The average molecular weight is 255 g/mol. The Kier molecular flexibility index (Phi) is 6.32. The normalized spacial score (nSPS) is 10.9. The van der Waals surface area contributed by atoms with Gasteiger partial charge >= 0.3 is 5.97 Å². The second kappa shape index (κ2) is 7.84. The van der Waals surface area contributed by atoms with Crippen LogP contribution >= 0.6 is 11.3 Å². The third-order valence-electron chi connectivity index (χ3n) is 2.40. The Morgan fingerprint density at radius 3 is 3.00 bits per heavy atom. The van der Waals surface area contributed by atoms with E-state index in [-0.39, 0.29) is 5.97 Å². The van der Waals surface area contributed by atoms with Gasteiger partial charge in [-0.3, -0.25) is 4.79 Å². The lowest BCUT2D eigenvalue weighted by molar-refractivity contribution is -0.140. The number of rotatable bonds is 7. The van der Waals surface area contributed by atoms with Crippen LogP contribution in [0.3, 0.4) is 0 Å². The average Bonchev–Trinajstić information content (AvgIpc) is 2.76. The highest BCUT2D eigenvalue weighted by atomic mass is 32.1. The molecule has 5 heteroatoms. The van der Waals surface area contributed by atoms with E-state index in [1.165, 1.54) is 18.2 Å². The first-order valence-corrected chi connectivity index (χ1v) is 6.41. The fraction of sp³-hybridized carbons (Fsp3) is 0.500. The van der Waals surface area contributed by atoms with Crippen molar-refractivity contribution >= 4 is 23.5 Å². The van der Waals surface area contributed by atoms with Crippen molar-refractivity contribution in [1.29, 1.82) is 0 Å². The summed E-state index contributed by atoms with van der Waals surface area (Å²) in [5.41, 5.74) is 0. The van der Waals surface area contributed by atoms with Gasteiger partial charge in [-0.15, -0.1) is 11.3 Å². The van der Waals surface area contributed by atoms with Crippen molar-refractivity contribution < 1.29 is 14.7 Å². The SMILES string of the molecule is COC(=O)CCCCCc1ccc(C=NO)s1. The quantitative estimate of drug-likeness (QED) is 0.268. The van der Waals surface area contributed by atoms with E-state index in [1.807, 2.05) is 12.1 Å². The molecule has 0 bridgehead atoms. The monoisotopic (exact) mass is 255 g/mol. The van der Waals surface area contributed by atoms with E-state index in [9.17, 15) is 4.79 Å². The van der Waals surface area contributed by atoms with E-state index in [2.05, 4.69) is 9.89 Å². The molecule has 4 nitrogen and oxygen atoms in total. The van der Waals surface area contributed by atoms with Crippen molar-refractivity contribution in [2.75, 3.05) is 7.11 Å². The van der Waals surface area contributed by atoms with Crippen molar-refractivity contribution in [3.05, 3.63) is 21.9 Å². The van der Waals surface area contributed by atoms with E-state index >= 15 is 0 Å². The molecular formula is C12H17NO3S. The first-order chi connectivity index (χ1) is 8.26. The Morgan fingerprint density at radius 1 is 1.47 bits per heavy atom. The molecule has 1 heterocycles. The summed E-state index contributed by atoms with van der Waals surface area (Å²) in [6.45, 7) is 0. The second-order valence-electron chi connectivity index (χ2n) is 3.69. The predicted molar refractivity (Wildman–Crippen MR) is 67.9 cm³/mol. The predicted octanol–water partition coefficient (Wildman–Crippen LogP) is 2.83. The zero-order valence-electron chi connectivity index (χ0n) is 9.89. The van der Waals surface area contributed by atoms with Crippen LogP contribution in [0, 0.1) is 0 Å². The molecule has 0 aliphatic rings. The molecule has 94 valence electrons. The molecule has 0 unspecified atom stereocenters. The highest BCUT2D eigenvalue weighted by molar-refractivity contribution is 7.13. The molecule has 0 aliphatic carbocycles. The highest BCUT2D eigenvalue weighted by Gasteiger charge is 2.01. The third kappa shape index (κ3) is 5.49. The Labute approximate surface area is 105 Å². The Hall–Kier alpha value is -1.36. The number of nitrogens with zero attached hydrogens (tertiary/aromatic N) is 1. The maximum absolute atomic E-state index is 10.9. The molecule has 1 rings (SSSR count). The Morgan fingerprint density at radius 2 is 2.29 bits per heavy atom. The highest BCUT2D eigenvalue weighted by Crippen LogP contribution is 2.17. The maximum atomic E-state index is 10.9. The number of oxime groups is 1. The molecule has 0 radical (unpaired) electrons. The van der Waals surface area contributed by atoms with E-state index in [0.29, 0.717) is 6.42 Å². The molecule has 0 saturated heterocycles. The number of methoxy groups -OCH3 is 1. The van der Waals surface area contributed by atoms with Crippen LogP contribution in [0.25, 0.3) is 0 Å². The molecule has 17 heavy (non-hydrogen) atoms. The van der Waals surface area contributed by atoms with Gasteiger partial charge in [-0.2, -0.15) is 0 Å². The van der Waals surface area contributed by atoms with Crippen LogP contribution in [-0.2, 0) is 16.0 Å². The van der Waals surface area contributed by atoms with Crippen LogP contribution in [-0.4, -0.2) is 24.5 Å². The summed E-state index contributed by atoms with van der Waals surface area (Å²) in [5, 5.41) is 11.4. The Bertz CT molecular complexity index is 374. The van der Waals surface area contributed by atoms with E-state index in [4.69, 9.17) is 5.21 Å². The van der Waals surface area contributed by atoms with E-state index in [0.717, 1.165) is 30.6 Å². The van der Waals surface area contributed by atoms with Crippen molar-refractivity contribution in [1.82, 2.24) is 0 Å². The number of hydrogen-bond acceptors (Lipinski definition) is 5. The molecule has 1 aromatic rings. The first kappa shape index (κ1) is 13.7. The zero-order valence-corrected chi connectivity index (χ0v) is 10.7. The topological polar surface area (TPSA) is 58.9 Å². The van der Waals surface area contributed by atoms with Gasteiger partial charge < -0.3 is 9.94 Å². The lowest BCUT2D eigenvalue weighted by Crippen LogP contribution is -1.99. The number of unbranched alkanes of at least 4 members (excludes halogenated alkanes) is 2. The summed E-state index contributed by atoms with van der Waals surface area (Å²) < 4.78 is 4.57. The molecule has 1 N–H and O–H groups in total. The van der Waals surface area contributed by atoms with Gasteiger partial charge in [-0.25, -0.2) is 0 Å². The molecule has 0 amide bonds. The summed E-state index contributed by atoms with van der Waals surface area (Å²) in [7, 11) is 1.41. The second-order valence-corrected chi connectivity index (χ2v) is 4.89. The number of esters is 1. The van der Waals surface area contributed by atoms with Gasteiger partial charge in [0.25, 0.3) is 0 Å². The maximum Gasteiger partial charge on any atom is 0.305 e. The van der Waals surface area contributed by atoms with Crippen molar-refractivity contribution in [2.45, 2.75) is 32.1 Å². The van der Waals surface area contributed by atoms with Gasteiger partial charge in [-0.1, -0.05) is 11.6 Å². The van der Waals surface area contributed by atoms with Gasteiger partial charge in [0.15, 0.2) is 0 Å². The standard InChI is InChI=1S/C12H17NO3S/c1-16-12(14)6-4-2-3-5-10-7-8-11(17-10)9-13-15/h7-9,15H,2-6H2,1H3. The number of aryl methyl sites for hydroxylation is 1. The minimum Gasteiger partial charge on any atom is -0.469 e. The van der Waals surface area contributed by atoms with Gasteiger partial charge in [-0.05, 0) is 31.4 Å². The fourth-order valence-corrected chi connectivity index (χ4v) is 2.42. The van der Waals surface area contributed by atoms with Crippen molar-refractivity contribution in [2.24, 2.45) is 5.16 Å². The third-order valence-corrected chi connectivity index (χ3v) is 3.48. The summed E-state index contributed by atoms with van der Waals surface area (Å²) in [5.74, 6) is -0.137. The molecule has 0 aliphatic heterocycles. The number of carbonyl (C=O) groups excluding carboxylic acids is 1. The van der Waals surface area contributed by atoms with E-state index < -0.39 is 0 Å². The van der Waals surface area contributed by atoms with Gasteiger partial charge in [0, 0.05) is 16.2 Å². The van der Waals surface area contributed by atoms with Crippen LogP contribution in [0.5, 0.6) is 0 Å². The van der Waals surface area contributed by atoms with Crippen LogP contribution < -0.4 is 0 Å². The smallest absolute Gasteiger partial charge is 0.305 e. The molecule has 0 fully saturated rings. The largest absolute Gasteiger partial charge is 0.469 e. The first-order valence-electron chi connectivity index (χ1n) is 5.59. The summed E-state index contributed by atoms with van der Waals surface area (Å²) in [6, 6.07) is 3.98. The van der Waals surface area contributed by atoms with E-state index in [1.54, 1.807) is 11.3 Å². The molecule has 1 aromatic heterocycles. The van der Waals surface area contributed by atoms with Crippen molar-refractivity contribution in [3.63, 3.8) is 0 Å². The molecule has 0 atom stereocenters. The Balaban J connectivity index is 2.15. The van der Waals surface area contributed by atoms with Crippen LogP contribution in [0.1, 0.15) is 35.4 Å². The summed E-state index contributed by atoms with van der Waals surface area (Å²) >= 11 is 1.63. The lowest BCUT2D eigenvalue weighted by atomic mass is 10.1. The number of thiophene rings is 1. The number of hydrogen-bond donors (Lipinski definition) is 1. The van der Waals surface area contributed by atoms with Gasteiger partial charge in [0.1, 0.15) is 0 Å². The molecular weight excluding hydrogens is 238 g/mol. The van der Waals surface area contributed by atoms with Crippen molar-refractivity contribution in [3.8, 4) is 0 Å². The molecule has 0 spiro atoms. The number of ether oxygens (including phenoxy) is 1. The molecule has 0 saturated carbocycles. The molecule has 0 aromatic carbocycles. The minimum atomic E-state index is -0.137. The number of carbonyl (C=O) groups is 1. The van der Waals surface area contributed by atoms with Gasteiger partial charge in [0.05, 0.1) is 13.3 Å². The van der Waals surface area contributed by atoms with Crippen LogP contribution in [0.4, 0.5) is 0 Å².